The molecule has 0 aliphatic heterocycles. The molecule has 0 aromatic heterocycles. The van der Waals surface area contributed by atoms with Crippen LogP contribution in [0.3, 0.4) is 0 Å². The minimum absolute atomic E-state index is 0.0750. The number of benzene rings is 1. The summed E-state index contributed by atoms with van der Waals surface area (Å²) in [7, 11) is 3.71. The Balaban J connectivity index is 2.89. The van der Waals surface area contributed by atoms with Crippen LogP contribution in [0.4, 0.5) is 8.78 Å². The van der Waals surface area contributed by atoms with Crippen LogP contribution in [0, 0.1) is 11.6 Å². The zero-order valence-electron chi connectivity index (χ0n) is 10.3. The van der Waals surface area contributed by atoms with Gasteiger partial charge in [-0.1, -0.05) is 6.07 Å². The van der Waals surface area contributed by atoms with Gasteiger partial charge in [-0.2, -0.15) is 0 Å². The van der Waals surface area contributed by atoms with Crippen molar-refractivity contribution in [3.63, 3.8) is 0 Å². The first-order valence-corrected chi connectivity index (χ1v) is 5.52. The van der Waals surface area contributed by atoms with Crippen LogP contribution in [0.15, 0.2) is 18.2 Å². The lowest BCUT2D eigenvalue weighted by molar-refractivity contribution is -0.117. The first-order valence-electron chi connectivity index (χ1n) is 5.52. The van der Waals surface area contributed by atoms with Gasteiger partial charge in [-0.3, -0.25) is 0 Å². The van der Waals surface area contributed by atoms with Crippen molar-refractivity contribution in [1.82, 2.24) is 4.90 Å². The van der Waals surface area contributed by atoms with Crippen LogP contribution in [-0.2, 0) is 4.79 Å². The molecule has 4 heteroatoms. The average Bonchev–Trinajstić information content (AvgIpc) is 2.22. The van der Waals surface area contributed by atoms with E-state index in [1.807, 2.05) is 19.0 Å². The highest BCUT2D eigenvalue weighted by molar-refractivity contribution is 5.75. The van der Waals surface area contributed by atoms with E-state index in [9.17, 15) is 13.6 Å². The van der Waals surface area contributed by atoms with E-state index in [2.05, 4.69) is 0 Å². The van der Waals surface area contributed by atoms with E-state index in [1.165, 1.54) is 13.0 Å². The van der Waals surface area contributed by atoms with E-state index in [0.29, 0.717) is 18.4 Å². The number of hydrogen-bond acceptors (Lipinski definition) is 2. The number of Topliss-reactive ketones (excluding diaryl/α,β-unsaturated/α-hetero) is 1. The quantitative estimate of drug-likeness (QED) is 0.790. The lowest BCUT2D eigenvalue weighted by atomic mass is 10.00. The summed E-state index contributed by atoms with van der Waals surface area (Å²) < 4.78 is 26.0. The number of carbonyl (C=O) groups excluding carboxylic acids is 1. The Hall–Kier alpha value is -1.29. The first-order chi connectivity index (χ1) is 7.91. The molecule has 0 radical (unpaired) electrons. The molecule has 0 aliphatic rings. The second kappa shape index (κ2) is 5.87. The Morgan fingerprint density at radius 3 is 2.41 bits per heavy atom. The highest BCUT2D eigenvalue weighted by Crippen LogP contribution is 2.24. The highest BCUT2D eigenvalue weighted by atomic mass is 19.2. The molecule has 17 heavy (non-hydrogen) atoms. The molecule has 0 spiro atoms. The molecule has 0 amide bonds. The summed E-state index contributed by atoms with van der Waals surface area (Å²) in [6, 6.07) is 3.80. The fraction of sp³-hybridized carbons (Fsp3) is 0.462. The molecule has 1 aromatic rings. The minimum Gasteiger partial charge on any atom is -0.302 e. The van der Waals surface area contributed by atoms with Gasteiger partial charge >= 0.3 is 0 Å². The minimum atomic E-state index is -0.850. The molecular weight excluding hydrogens is 224 g/mol. The van der Waals surface area contributed by atoms with Gasteiger partial charge in [0.15, 0.2) is 11.6 Å². The highest BCUT2D eigenvalue weighted by Gasteiger charge is 2.16. The Morgan fingerprint density at radius 1 is 1.29 bits per heavy atom. The van der Waals surface area contributed by atoms with Gasteiger partial charge in [0.1, 0.15) is 5.78 Å². The molecule has 2 nitrogen and oxygen atoms in total. The second-order valence-electron chi connectivity index (χ2n) is 4.39. The molecule has 1 rings (SSSR count). The Bertz CT molecular complexity index is 404. The fourth-order valence-electron chi connectivity index (χ4n) is 1.78. The van der Waals surface area contributed by atoms with Gasteiger partial charge in [0.05, 0.1) is 0 Å². The SMILES string of the molecule is CC(=O)CCC(c1ccc(F)c(F)c1)N(C)C. The third kappa shape index (κ3) is 3.89. The van der Waals surface area contributed by atoms with Crippen LogP contribution in [0.2, 0.25) is 0 Å². The van der Waals surface area contributed by atoms with Gasteiger partial charge in [-0.25, -0.2) is 8.78 Å². The summed E-state index contributed by atoms with van der Waals surface area (Å²) in [6.45, 7) is 1.53. The molecule has 0 heterocycles. The summed E-state index contributed by atoms with van der Waals surface area (Å²) in [4.78, 5) is 12.9. The molecule has 0 bridgehead atoms. The topological polar surface area (TPSA) is 20.3 Å². The molecule has 1 atom stereocenters. The predicted molar refractivity (Wildman–Crippen MR) is 62.7 cm³/mol. The van der Waals surface area contributed by atoms with Crippen LogP contribution >= 0.6 is 0 Å². The van der Waals surface area contributed by atoms with Crippen molar-refractivity contribution in [2.75, 3.05) is 14.1 Å². The molecular formula is C13H17F2NO. The van der Waals surface area contributed by atoms with Gasteiger partial charge in [0.25, 0.3) is 0 Å². The van der Waals surface area contributed by atoms with Crippen molar-refractivity contribution in [1.29, 1.82) is 0 Å². The van der Waals surface area contributed by atoms with E-state index in [0.717, 1.165) is 6.07 Å². The van der Waals surface area contributed by atoms with Gasteiger partial charge in [-0.15, -0.1) is 0 Å². The fourth-order valence-corrected chi connectivity index (χ4v) is 1.78. The van der Waals surface area contributed by atoms with Crippen molar-refractivity contribution in [2.45, 2.75) is 25.8 Å². The summed E-state index contributed by atoms with van der Waals surface area (Å²) in [6.07, 6.45) is 1.04. The summed E-state index contributed by atoms with van der Waals surface area (Å²) >= 11 is 0. The molecule has 0 aliphatic carbocycles. The summed E-state index contributed by atoms with van der Waals surface area (Å²) in [5.41, 5.74) is 0.690. The van der Waals surface area contributed by atoms with Gasteiger partial charge in [0.2, 0.25) is 0 Å². The smallest absolute Gasteiger partial charge is 0.159 e. The van der Waals surface area contributed by atoms with E-state index in [-0.39, 0.29) is 11.8 Å². The molecule has 1 aromatic carbocycles. The van der Waals surface area contributed by atoms with E-state index in [1.54, 1.807) is 6.07 Å². The van der Waals surface area contributed by atoms with E-state index in [4.69, 9.17) is 0 Å². The maximum Gasteiger partial charge on any atom is 0.159 e. The largest absolute Gasteiger partial charge is 0.302 e. The standard InChI is InChI=1S/C13H17F2NO/c1-9(17)4-7-13(16(2)3)10-5-6-11(14)12(15)8-10/h5-6,8,13H,4,7H2,1-3H3. The molecule has 0 saturated carbocycles. The Labute approximate surface area is 100 Å². The molecule has 0 saturated heterocycles. The number of nitrogens with zero attached hydrogens (tertiary/aromatic N) is 1. The lowest BCUT2D eigenvalue weighted by Gasteiger charge is -2.24. The molecule has 1 unspecified atom stereocenters. The number of hydrogen-bond donors (Lipinski definition) is 0. The van der Waals surface area contributed by atoms with Crippen LogP contribution in [0.5, 0.6) is 0 Å². The average molecular weight is 241 g/mol. The first kappa shape index (κ1) is 13.8. The number of rotatable bonds is 5. The predicted octanol–water partition coefficient (Wildman–Crippen LogP) is 2.94. The normalized spacial score (nSPS) is 12.8. The second-order valence-corrected chi connectivity index (χ2v) is 4.39. The van der Waals surface area contributed by atoms with E-state index < -0.39 is 11.6 Å². The van der Waals surface area contributed by atoms with Gasteiger partial charge in [0, 0.05) is 12.5 Å². The lowest BCUT2D eigenvalue weighted by Crippen LogP contribution is -2.21. The van der Waals surface area contributed by atoms with Crippen LogP contribution < -0.4 is 0 Å². The van der Waals surface area contributed by atoms with Crippen molar-refractivity contribution < 1.29 is 13.6 Å². The maximum absolute atomic E-state index is 13.1. The summed E-state index contributed by atoms with van der Waals surface area (Å²) in [5.74, 6) is -1.60. The maximum atomic E-state index is 13.1. The molecule has 94 valence electrons. The van der Waals surface area contributed by atoms with Gasteiger partial charge < -0.3 is 9.69 Å². The molecule has 0 fully saturated rings. The Morgan fingerprint density at radius 2 is 1.94 bits per heavy atom. The number of ketones is 1. The van der Waals surface area contributed by atoms with Crippen molar-refractivity contribution in [3.05, 3.63) is 35.4 Å². The van der Waals surface area contributed by atoms with Crippen LogP contribution in [0.1, 0.15) is 31.4 Å². The Kier molecular flexibility index (Phi) is 4.75. The third-order valence-corrected chi connectivity index (χ3v) is 2.72. The van der Waals surface area contributed by atoms with Gasteiger partial charge in [-0.05, 0) is 45.1 Å². The number of halogens is 2. The van der Waals surface area contributed by atoms with E-state index >= 15 is 0 Å². The number of carbonyl (C=O) groups is 1. The van der Waals surface area contributed by atoms with Crippen molar-refractivity contribution >= 4 is 5.78 Å². The molecule has 0 N–H and O–H groups in total. The summed E-state index contributed by atoms with van der Waals surface area (Å²) in [5, 5.41) is 0. The third-order valence-electron chi connectivity index (χ3n) is 2.72. The monoisotopic (exact) mass is 241 g/mol. The van der Waals surface area contributed by atoms with Crippen LogP contribution in [-0.4, -0.2) is 24.8 Å². The zero-order chi connectivity index (χ0) is 13.0. The zero-order valence-corrected chi connectivity index (χ0v) is 10.3. The van der Waals surface area contributed by atoms with Crippen molar-refractivity contribution in [2.24, 2.45) is 0 Å². The van der Waals surface area contributed by atoms with Crippen molar-refractivity contribution in [3.8, 4) is 0 Å². The van der Waals surface area contributed by atoms with Crippen LogP contribution in [0.25, 0.3) is 0 Å².